The van der Waals surface area contributed by atoms with E-state index in [0.29, 0.717) is 0 Å². The number of hydrogen-bond acceptors (Lipinski definition) is 7. The van der Waals surface area contributed by atoms with Gasteiger partial charge in [0, 0.05) is 6.42 Å². The maximum atomic E-state index is 11.4. The molecule has 0 bridgehead atoms. The minimum Gasteiger partial charge on any atom is -0.394 e. The van der Waals surface area contributed by atoms with E-state index in [9.17, 15) is 20.1 Å². The summed E-state index contributed by atoms with van der Waals surface area (Å²) in [6.07, 6.45) is -4.81. The van der Waals surface area contributed by atoms with Crippen LogP contribution in [0, 0.1) is 0 Å². The van der Waals surface area contributed by atoms with Crippen molar-refractivity contribution >= 4 is 5.78 Å². The second-order valence-electron chi connectivity index (χ2n) is 3.79. The highest BCUT2D eigenvalue weighted by Gasteiger charge is 2.52. The zero-order valence-corrected chi connectivity index (χ0v) is 8.87. The van der Waals surface area contributed by atoms with Crippen molar-refractivity contribution in [2.45, 2.75) is 37.3 Å². The van der Waals surface area contributed by atoms with Crippen molar-refractivity contribution in [1.82, 2.24) is 0 Å². The Morgan fingerprint density at radius 1 is 1.44 bits per heavy atom. The van der Waals surface area contributed by atoms with E-state index in [0.717, 1.165) is 0 Å². The maximum absolute atomic E-state index is 11.4. The second-order valence-corrected chi connectivity index (χ2v) is 3.79. The topological polar surface area (TPSA) is 116 Å². The summed E-state index contributed by atoms with van der Waals surface area (Å²) in [5.41, 5.74) is -1.67. The third-order valence-electron chi connectivity index (χ3n) is 2.74. The molecular weight excluding hydrogens is 220 g/mol. The van der Waals surface area contributed by atoms with E-state index in [2.05, 4.69) is 4.89 Å². The van der Waals surface area contributed by atoms with Crippen LogP contribution in [0.2, 0.25) is 0 Å². The summed E-state index contributed by atoms with van der Waals surface area (Å²) in [5.74, 6) is -0.512. The van der Waals surface area contributed by atoms with Gasteiger partial charge in [-0.3, -0.25) is 4.79 Å². The lowest BCUT2D eigenvalue weighted by molar-refractivity contribution is -0.323. The zero-order valence-electron chi connectivity index (χ0n) is 8.87. The van der Waals surface area contributed by atoms with Crippen LogP contribution in [0.4, 0.5) is 0 Å². The first kappa shape index (κ1) is 13.5. The molecule has 1 rings (SSSR count). The van der Waals surface area contributed by atoms with Crippen LogP contribution in [0.5, 0.6) is 0 Å². The van der Waals surface area contributed by atoms with Gasteiger partial charge in [0.1, 0.15) is 18.3 Å². The number of aliphatic hydroxyl groups is 4. The molecule has 1 saturated heterocycles. The number of carbonyl (C=O) groups excluding carboxylic acids is 1. The molecule has 4 atom stereocenters. The van der Waals surface area contributed by atoms with Gasteiger partial charge in [0.25, 0.3) is 0 Å². The van der Waals surface area contributed by atoms with Crippen LogP contribution in [-0.2, 0) is 14.6 Å². The van der Waals surface area contributed by atoms with Crippen molar-refractivity contribution in [3.8, 4) is 0 Å². The van der Waals surface area contributed by atoms with Gasteiger partial charge < -0.3 is 20.4 Å². The van der Waals surface area contributed by atoms with Gasteiger partial charge in [0.2, 0.25) is 0 Å². The number of hydrogen-bond donors (Lipinski definition) is 4. The monoisotopic (exact) mass is 236 g/mol. The maximum Gasteiger partial charge on any atom is 0.191 e. The first-order valence-corrected chi connectivity index (χ1v) is 4.92. The molecule has 4 N–H and O–H groups in total. The fourth-order valence-corrected chi connectivity index (χ4v) is 1.62. The highest BCUT2D eigenvalue weighted by molar-refractivity contribution is 5.86. The van der Waals surface area contributed by atoms with E-state index < -0.39 is 36.3 Å². The quantitative estimate of drug-likeness (QED) is 0.398. The highest BCUT2D eigenvalue weighted by atomic mass is 17.2. The SMILES string of the molecule is CC(=O)[C@]1([C@@H](O)[C@H](O)[C@H](O)CO)CCOO1. The lowest BCUT2D eigenvalue weighted by atomic mass is 9.85. The molecular formula is C9H16O7. The van der Waals surface area contributed by atoms with Crippen LogP contribution >= 0.6 is 0 Å². The number of carbonyl (C=O) groups is 1. The number of Topliss-reactive ketones (excluding diaryl/α,β-unsaturated/α-hetero) is 1. The summed E-state index contributed by atoms with van der Waals surface area (Å²) in [6.45, 7) is 0.571. The van der Waals surface area contributed by atoms with Crippen molar-refractivity contribution in [1.29, 1.82) is 0 Å². The Morgan fingerprint density at radius 3 is 2.44 bits per heavy atom. The van der Waals surface area contributed by atoms with E-state index in [1.807, 2.05) is 0 Å². The molecule has 1 heterocycles. The predicted molar refractivity (Wildman–Crippen MR) is 50.2 cm³/mol. The average molecular weight is 236 g/mol. The zero-order chi connectivity index (χ0) is 12.3. The summed E-state index contributed by atoms with van der Waals surface area (Å²) in [4.78, 5) is 20.7. The van der Waals surface area contributed by atoms with E-state index in [4.69, 9.17) is 9.99 Å². The van der Waals surface area contributed by atoms with Gasteiger partial charge in [-0.15, -0.1) is 0 Å². The number of ketones is 1. The van der Waals surface area contributed by atoms with Crippen molar-refractivity contribution < 1.29 is 35.0 Å². The molecule has 1 fully saturated rings. The summed E-state index contributed by atoms with van der Waals surface area (Å²) in [6, 6.07) is 0. The van der Waals surface area contributed by atoms with Crippen LogP contribution in [0.15, 0.2) is 0 Å². The largest absolute Gasteiger partial charge is 0.394 e. The molecule has 1 aliphatic rings. The molecule has 1 aliphatic heterocycles. The minimum absolute atomic E-state index is 0.0821. The van der Waals surface area contributed by atoms with Gasteiger partial charge in [0.05, 0.1) is 13.2 Å². The van der Waals surface area contributed by atoms with Crippen molar-refractivity contribution in [2.75, 3.05) is 13.2 Å². The molecule has 0 aliphatic carbocycles. The normalized spacial score (nSPS) is 31.1. The van der Waals surface area contributed by atoms with Gasteiger partial charge in [-0.2, -0.15) is 0 Å². The molecule has 0 aromatic carbocycles. The van der Waals surface area contributed by atoms with Crippen molar-refractivity contribution in [3.05, 3.63) is 0 Å². The molecule has 0 amide bonds. The molecule has 0 aromatic rings. The smallest absolute Gasteiger partial charge is 0.191 e. The summed E-state index contributed by atoms with van der Waals surface area (Å²) >= 11 is 0. The Hall–Kier alpha value is -0.570. The van der Waals surface area contributed by atoms with Crippen molar-refractivity contribution in [3.63, 3.8) is 0 Å². The van der Waals surface area contributed by atoms with Crippen LogP contribution in [0.3, 0.4) is 0 Å². The van der Waals surface area contributed by atoms with Crippen LogP contribution in [0.1, 0.15) is 13.3 Å². The molecule has 0 spiro atoms. The summed E-state index contributed by atoms with van der Waals surface area (Å²) in [7, 11) is 0. The number of rotatable bonds is 5. The Labute approximate surface area is 92.1 Å². The lowest BCUT2D eigenvalue weighted by Gasteiger charge is -2.32. The fourth-order valence-electron chi connectivity index (χ4n) is 1.62. The minimum atomic E-state index is -1.68. The fraction of sp³-hybridized carbons (Fsp3) is 0.889. The van der Waals surface area contributed by atoms with E-state index >= 15 is 0 Å². The summed E-state index contributed by atoms with van der Waals surface area (Å²) < 4.78 is 0. The van der Waals surface area contributed by atoms with E-state index in [-0.39, 0.29) is 13.0 Å². The lowest BCUT2D eigenvalue weighted by Crippen LogP contribution is -2.57. The van der Waals surface area contributed by atoms with Gasteiger partial charge >= 0.3 is 0 Å². The first-order valence-electron chi connectivity index (χ1n) is 4.92. The Morgan fingerprint density at radius 2 is 2.06 bits per heavy atom. The Bertz CT molecular complexity index is 248. The molecule has 16 heavy (non-hydrogen) atoms. The van der Waals surface area contributed by atoms with Crippen LogP contribution in [-0.4, -0.2) is 63.3 Å². The second kappa shape index (κ2) is 5.17. The molecule has 0 radical (unpaired) electrons. The van der Waals surface area contributed by atoms with Gasteiger partial charge in [0.15, 0.2) is 11.4 Å². The number of aliphatic hydroxyl groups excluding tert-OH is 4. The standard InChI is InChI=1S/C9H16O7/c1-5(11)9(2-3-15-16-9)8(14)7(13)6(12)4-10/h6-8,10,12-14H,2-4H2,1H3/t6-,7-,8+,9+/m1/s1. The Kier molecular flexibility index (Phi) is 4.36. The van der Waals surface area contributed by atoms with E-state index in [1.54, 1.807) is 0 Å². The molecule has 0 saturated carbocycles. The molecule has 7 heteroatoms. The van der Waals surface area contributed by atoms with Gasteiger partial charge in [-0.1, -0.05) is 0 Å². The van der Waals surface area contributed by atoms with Crippen LogP contribution < -0.4 is 0 Å². The Balaban J connectivity index is 2.83. The van der Waals surface area contributed by atoms with E-state index in [1.165, 1.54) is 6.92 Å². The third kappa shape index (κ3) is 2.24. The van der Waals surface area contributed by atoms with Crippen molar-refractivity contribution in [2.24, 2.45) is 0 Å². The average Bonchev–Trinajstić information content (AvgIpc) is 2.76. The molecule has 0 unspecified atom stereocenters. The van der Waals surface area contributed by atoms with Crippen LogP contribution in [0.25, 0.3) is 0 Å². The van der Waals surface area contributed by atoms with Gasteiger partial charge in [-0.05, 0) is 6.92 Å². The predicted octanol–water partition coefficient (Wildman–Crippen LogP) is -2.26. The first-order chi connectivity index (χ1) is 7.45. The molecule has 7 nitrogen and oxygen atoms in total. The third-order valence-corrected chi connectivity index (χ3v) is 2.74. The molecule has 0 aromatic heterocycles. The summed E-state index contributed by atoms with van der Waals surface area (Å²) in [5, 5.41) is 37.1. The molecule has 94 valence electrons. The highest BCUT2D eigenvalue weighted by Crippen LogP contribution is 2.30. The van der Waals surface area contributed by atoms with Gasteiger partial charge in [-0.25, -0.2) is 9.78 Å².